The summed E-state index contributed by atoms with van der Waals surface area (Å²) in [4.78, 5) is 12.4. The molecule has 0 aromatic heterocycles. The predicted molar refractivity (Wildman–Crippen MR) is 109 cm³/mol. The molecule has 0 fully saturated rings. The van der Waals surface area contributed by atoms with Crippen molar-refractivity contribution in [3.63, 3.8) is 0 Å². The number of phenolic OH excluding ortho intramolecular Hbond substituents is 7. The Labute approximate surface area is 185 Å². The number of ether oxygens (including phenoxy) is 2. The number of phenols is 7. The minimum atomic E-state index is -1.19. The number of rotatable bonds is 3. The molecule has 0 radical (unpaired) electrons. The molecule has 1 heterocycles. The SMILES string of the molecule is O=C(Oc1cc(O)c2c(c1)OC(c1cc(O)c(O)c(O)c1)[C@H](O)C2)c1cc(O)c(O)c(O)c1. The van der Waals surface area contributed by atoms with Crippen LogP contribution in [0.3, 0.4) is 0 Å². The molecule has 1 aliphatic rings. The van der Waals surface area contributed by atoms with E-state index in [9.17, 15) is 45.6 Å². The Morgan fingerprint density at radius 1 is 0.788 bits per heavy atom. The zero-order chi connectivity index (χ0) is 24.0. The van der Waals surface area contributed by atoms with Crippen LogP contribution in [0.4, 0.5) is 0 Å². The van der Waals surface area contributed by atoms with Crippen LogP contribution in [0.5, 0.6) is 51.7 Å². The van der Waals surface area contributed by atoms with E-state index in [1.807, 2.05) is 0 Å². The lowest BCUT2D eigenvalue weighted by Gasteiger charge is -2.31. The smallest absolute Gasteiger partial charge is 0.343 e. The zero-order valence-corrected chi connectivity index (χ0v) is 16.6. The summed E-state index contributed by atoms with van der Waals surface area (Å²) in [6.45, 7) is 0. The minimum absolute atomic E-state index is 0.0385. The molecule has 3 aromatic carbocycles. The highest BCUT2D eigenvalue weighted by atomic mass is 16.5. The molecular weight excluding hydrogens is 440 g/mol. The molecule has 1 aliphatic heterocycles. The summed E-state index contributed by atoms with van der Waals surface area (Å²) in [5.41, 5.74) is 0.0628. The number of aromatic hydroxyl groups is 7. The molecule has 0 spiro atoms. The normalized spacial score (nSPS) is 17.1. The number of esters is 1. The predicted octanol–water partition coefficient (Wildman–Crippen LogP) is 1.88. The van der Waals surface area contributed by atoms with Gasteiger partial charge in [0.1, 0.15) is 17.2 Å². The number of carbonyl (C=O) groups excluding carboxylic acids is 1. The summed E-state index contributed by atoms with van der Waals surface area (Å²) in [6.07, 6.45) is -2.38. The molecule has 8 N–H and O–H groups in total. The summed E-state index contributed by atoms with van der Waals surface area (Å²) < 4.78 is 10.9. The first-order valence-corrected chi connectivity index (χ1v) is 9.47. The molecule has 0 saturated heterocycles. The van der Waals surface area contributed by atoms with Crippen molar-refractivity contribution in [3.8, 4) is 51.7 Å². The van der Waals surface area contributed by atoms with Gasteiger partial charge in [-0.2, -0.15) is 0 Å². The van der Waals surface area contributed by atoms with Crippen LogP contribution in [-0.2, 0) is 6.42 Å². The minimum Gasteiger partial charge on any atom is -0.507 e. The van der Waals surface area contributed by atoms with E-state index in [1.165, 1.54) is 6.07 Å². The number of aliphatic hydroxyl groups is 1. The lowest BCUT2D eigenvalue weighted by molar-refractivity contribution is 0.0195. The Bertz CT molecular complexity index is 1220. The fraction of sp³-hybridized carbons (Fsp3) is 0.136. The number of hydrogen-bond acceptors (Lipinski definition) is 11. The molecular formula is C22H18O11. The Morgan fingerprint density at radius 3 is 1.91 bits per heavy atom. The number of benzene rings is 3. The van der Waals surface area contributed by atoms with Gasteiger partial charge < -0.3 is 50.3 Å². The first-order valence-electron chi connectivity index (χ1n) is 9.47. The van der Waals surface area contributed by atoms with Crippen LogP contribution in [-0.4, -0.2) is 52.9 Å². The molecule has 3 aromatic rings. The molecule has 2 atom stereocenters. The Morgan fingerprint density at radius 2 is 1.33 bits per heavy atom. The lowest BCUT2D eigenvalue weighted by Crippen LogP contribution is -2.30. The fourth-order valence-electron chi connectivity index (χ4n) is 3.47. The third-order valence-corrected chi connectivity index (χ3v) is 5.11. The molecule has 172 valence electrons. The van der Waals surface area contributed by atoms with Gasteiger partial charge in [0, 0.05) is 29.7 Å². The number of hydrogen-bond donors (Lipinski definition) is 8. The summed E-state index contributed by atoms with van der Waals surface area (Å²) in [7, 11) is 0. The van der Waals surface area contributed by atoms with Gasteiger partial charge in [-0.15, -0.1) is 0 Å². The first kappa shape index (κ1) is 21.7. The van der Waals surface area contributed by atoms with Crippen molar-refractivity contribution in [2.24, 2.45) is 0 Å². The molecule has 0 aliphatic carbocycles. The number of fused-ring (bicyclic) bond motifs is 1. The van der Waals surface area contributed by atoms with Crippen molar-refractivity contribution in [1.29, 1.82) is 0 Å². The van der Waals surface area contributed by atoms with Crippen molar-refractivity contribution >= 4 is 5.97 Å². The van der Waals surface area contributed by atoms with Gasteiger partial charge in [0.25, 0.3) is 0 Å². The van der Waals surface area contributed by atoms with Crippen molar-refractivity contribution in [3.05, 3.63) is 53.1 Å². The monoisotopic (exact) mass is 458 g/mol. The highest BCUT2D eigenvalue weighted by molar-refractivity contribution is 5.92. The molecule has 11 nitrogen and oxygen atoms in total. The molecule has 11 heteroatoms. The average Bonchev–Trinajstić information content (AvgIpc) is 2.75. The van der Waals surface area contributed by atoms with Crippen LogP contribution in [0.15, 0.2) is 36.4 Å². The van der Waals surface area contributed by atoms with E-state index >= 15 is 0 Å². The van der Waals surface area contributed by atoms with Gasteiger partial charge in [0.05, 0.1) is 11.7 Å². The van der Waals surface area contributed by atoms with Crippen LogP contribution in [0.2, 0.25) is 0 Å². The van der Waals surface area contributed by atoms with Crippen LogP contribution >= 0.6 is 0 Å². The Kier molecular flexibility index (Phi) is 5.18. The first-order chi connectivity index (χ1) is 15.5. The second kappa shape index (κ2) is 7.88. The molecule has 1 unspecified atom stereocenters. The highest BCUT2D eigenvalue weighted by Gasteiger charge is 2.33. The molecule has 0 bridgehead atoms. The molecule has 4 rings (SSSR count). The van der Waals surface area contributed by atoms with Gasteiger partial charge >= 0.3 is 5.97 Å². The largest absolute Gasteiger partial charge is 0.507 e. The second-order valence-corrected chi connectivity index (χ2v) is 7.39. The van der Waals surface area contributed by atoms with E-state index in [2.05, 4.69) is 0 Å². The van der Waals surface area contributed by atoms with E-state index in [-0.39, 0.29) is 40.4 Å². The zero-order valence-electron chi connectivity index (χ0n) is 16.6. The Hall–Kier alpha value is -4.51. The van der Waals surface area contributed by atoms with E-state index < -0.39 is 52.7 Å². The second-order valence-electron chi connectivity index (χ2n) is 7.39. The maximum absolute atomic E-state index is 12.4. The van der Waals surface area contributed by atoms with Crippen LogP contribution < -0.4 is 9.47 Å². The summed E-state index contributed by atoms with van der Waals surface area (Å²) in [6, 6.07) is 6.31. The molecule has 0 saturated carbocycles. The quantitative estimate of drug-likeness (QED) is 0.162. The van der Waals surface area contributed by atoms with Gasteiger partial charge in [-0.05, 0) is 24.3 Å². The van der Waals surface area contributed by atoms with E-state index in [4.69, 9.17) is 9.47 Å². The van der Waals surface area contributed by atoms with Gasteiger partial charge in [-0.25, -0.2) is 4.79 Å². The standard InChI is InChI=1S/C22H18O11/c23-12-5-10(32-22(31)9-3-15(26)20(30)16(27)4-9)6-18-11(12)7-17(28)21(33-18)8-1-13(24)19(29)14(25)2-8/h1-6,17,21,23-30H,7H2/t17-,21?/m1/s1. The molecule has 33 heavy (non-hydrogen) atoms. The van der Waals surface area contributed by atoms with E-state index in [0.717, 1.165) is 30.3 Å². The van der Waals surface area contributed by atoms with Gasteiger partial charge in [-0.1, -0.05) is 0 Å². The van der Waals surface area contributed by atoms with Crippen LogP contribution in [0.1, 0.15) is 27.6 Å². The van der Waals surface area contributed by atoms with E-state index in [1.54, 1.807) is 0 Å². The van der Waals surface area contributed by atoms with Crippen LogP contribution in [0, 0.1) is 0 Å². The third kappa shape index (κ3) is 3.92. The van der Waals surface area contributed by atoms with Gasteiger partial charge in [0.2, 0.25) is 0 Å². The average molecular weight is 458 g/mol. The third-order valence-electron chi connectivity index (χ3n) is 5.11. The number of aliphatic hydroxyl groups excluding tert-OH is 1. The molecule has 0 amide bonds. The van der Waals surface area contributed by atoms with E-state index in [0.29, 0.717) is 0 Å². The van der Waals surface area contributed by atoms with Crippen molar-refractivity contribution in [2.45, 2.75) is 18.6 Å². The van der Waals surface area contributed by atoms with Gasteiger partial charge in [0.15, 0.2) is 40.6 Å². The van der Waals surface area contributed by atoms with Crippen molar-refractivity contribution < 1.29 is 55.1 Å². The topological polar surface area (TPSA) is 197 Å². The summed E-state index contributed by atoms with van der Waals surface area (Å²) in [5, 5.41) is 78.3. The summed E-state index contributed by atoms with van der Waals surface area (Å²) >= 11 is 0. The van der Waals surface area contributed by atoms with Crippen molar-refractivity contribution in [1.82, 2.24) is 0 Å². The lowest BCUT2D eigenvalue weighted by atomic mass is 9.93. The maximum atomic E-state index is 12.4. The number of carbonyl (C=O) groups is 1. The fourth-order valence-corrected chi connectivity index (χ4v) is 3.47. The van der Waals surface area contributed by atoms with Crippen LogP contribution in [0.25, 0.3) is 0 Å². The maximum Gasteiger partial charge on any atom is 0.343 e. The Balaban J connectivity index is 1.63. The highest BCUT2D eigenvalue weighted by Crippen LogP contribution is 2.45. The van der Waals surface area contributed by atoms with Crippen molar-refractivity contribution in [2.75, 3.05) is 0 Å². The van der Waals surface area contributed by atoms with Gasteiger partial charge in [-0.3, -0.25) is 0 Å². The summed E-state index contributed by atoms with van der Waals surface area (Å²) in [5.74, 6) is -5.78.